The number of benzene rings is 2. The fraction of sp³-hybridized carbons (Fsp3) is 0.235. The van der Waals surface area contributed by atoms with E-state index in [0.29, 0.717) is 11.1 Å². The molecule has 5 nitrogen and oxygen atoms in total. The number of nitrogens with two attached hydrogens (primary N) is 1. The van der Waals surface area contributed by atoms with Crippen molar-refractivity contribution in [3.8, 4) is 0 Å². The van der Waals surface area contributed by atoms with Crippen molar-refractivity contribution in [1.29, 1.82) is 0 Å². The SMILES string of the molecule is NC(=O)C1CC2([N+](=O)[O-])c3ccccc3C1c1ccccc12. The molecule has 22 heavy (non-hydrogen) atoms. The van der Waals surface area contributed by atoms with Gasteiger partial charge in [0.1, 0.15) is 0 Å². The van der Waals surface area contributed by atoms with Gasteiger partial charge in [-0.15, -0.1) is 0 Å². The highest BCUT2D eigenvalue weighted by Gasteiger charge is 2.61. The van der Waals surface area contributed by atoms with Crippen LogP contribution in [0.2, 0.25) is 0 Å². The summed E-state index contributed by atoms with van der Waals surface area (Å²) in [5.74, 6) is -1.21. The highest BCUT2D eigenvalue weighted by molar-refractivity contribution is 5.81. The molecular weight excluding hydrogens is 280 g/mol. The molecule has 0 fully saturated rings. The summed E-state index contributed by atoms with van der Waals surface area (Å²) in [7, 11) is 0. The lowest BCUT2D eigenvalue weighted by atomic mass is 9.55. The van der Waals surface area contributed by atoms with Gasteiger partial charge in [-0.05, 0) is 11.1 Å². The zero-order valence-corrected chi connectivity index (χ0v) is 11.7. The van der Waals surface area contributed by atoms with E-state index in [9.17, 15) is 14.9 Å². The molecule has 0 heterocycles. The maximum Gasteiger partial charge on any atom is 0.273 e. The van der Waals surface area contributed by atoms with Gasteiger partial charge in [0.2, 0.25) is 5.91 Å². The summed E-state index contributed by atoms with van der Waals surface area (Å²) < 4.78 is 0. The van der Waals surface area contributed by atoms with E-state index in [-0.39, 0.29) is 17.3 Å². The summed E-state index contributed by atoms with van der Waals surface area (Å²) in [5, 5.41) is 12.1. The number of carbonyl (C=O) groups excluding carboxylic acids is 1. The summed E-state index contributed by atoms with van der Waals surface area (Å²) in [5.41, 5.74) is 7.29. The molecule has 2 aromatic rings. The van der Waals surface area contributed by atoms with Crippen molar-refractivity contribution < 1.29 is 9.72 Å². The van der Waals surface area contributed by atoms with Gasteiger partial charge in [-0.3, -0.25) is 14.9 Å². The van der Waals surface area contributed by atoms with E-state index in [1.807, 2.05) is 36.4 Å². The van der Waals surface area contributed by atoms with Gasteiger partial charge in [0.05, 0.1) is 5.92 Å². The van der Waals surface area contributed by atoms with Gasteiger partial charge >= 0.3 is 0 Å². The molecular formula is C17H14N2O3. The first-order valence-electron chi connectivity index (χ1n) is 7.20. The molecule has 0 aromatic heterocycles. The van der Waals surface area contributed by atoms with Gasteiger partial charge in [0, 0.05) is 28.4 Å². The quantitative estimate of drug-likeness (QED) is 0.680. The highest BCUT2D eigenvalue weighted by Crippen LogP contribution is 2.58. The van der Waals surface area contributed by atoms with Gasteiger partial charge in [-0.2, -0.15) is 0 Å². The average molecular weight is 294 g/mol. The Kier molecular flexibility index (Phi) is 2.46. The van der Waals surface area contributed by atoms with Gasteiger partial charge in [-0.25, -0.2) is 0 Å². The largest absolute Gasteiger partial charge is 0.369 e. The average Bonchev–Trinajstić information content (AvgIpc) is 2.54. The van der Waals surface area contributed by atoms with Gasteiger partial charge < -0.3 is 5.73 Å². The Morgan fingerprint density at radius 1 is 1.09 bits per heavy atom. The Morgan fingerprint density at radius 2 is 1.59 bits per heavy atom. The number of fused-ring (bicyclic) bond motifs is 1. The molecule has 2 N–H and O–H groups in total. The predicted molar refractivity (Wildman–Crippen MR) is 79.8 cm³/mol. The molecule has 3 aliphatic carbocycles. The summed E-state index contributed by atoms with van der Waals surface area (Å²) in [6.45, 7) is 0. The van der Waals surface area contributed by atoms with Gasteiger partial charge in [-0.1, -0.05) is 48.5 Å². The summed E-state index contributed by atoms with van der Waals surface area (Å²) in [6.07, 6.45) is 0.133. The van der Waals surface area contributed by atoms with Gasteiger partial charge in [0.15, 0.2) is 0 Å². The van der Waals surface area contributed by atoms with Crippen LogP contribution in [0.15, 0.2) is 48.5 Å². The Labute approximate surface area is 126 Å². The second-order valence-corrected chi connectivity index (χ2v) is 5.98. The first kappa shape index (κ1) is 13.0. The first-order chi connectivity index (χ1) is 10.6. The molecule has 5 rings (SSSR count). The number of rotatable bonds is 2. The van der Waals surface area contributed by atoms with Crippen molar-refractivity contribution >= 4 is 5.91 Å². The fourth-order valence-electron chi connectivity index (χ4n) is 4.23. The topological polar surface area (TPSA) is 86.2 Å². The highest BCUT2D eigenvalue weighted by atomic mass is 16.6. The van der Waals surface area contributed by atoms with E-state index in [2.05, 4.69) is 0 Å². The molecule has 5 heteroatoms. The monoisotopic (exact) mass is 294 g/mol. The van der Waals surface area contributed by atoms with Crippen LogP contribution in [0, 0.1) is 16.0 Å². The third-order valence-electron chi connectivity index (χ3n) is 5.08. The molecule has 1 unspecified atom stereocenters. The van der Waals surface area contributed by atoms with Crippen molar-refractivity contribution in [2.75, 3.05) is 0 Å². The summed E-state index contributed by atoms with van der Waals surface area (Å²) in [4.78, 5) is 23.8. The van der Waals surface area contributed by atoms with Crippen LogP contribution in [-0.2, 0) is 10.3 Å². The molecule has 1 atom stereocenters. The lowest BCUT2D eigenvalue weighted by molar-refractivity contribution is -0.571. The van der Waals surface area contributed by atoms with Crippen LogP contribution in [0.25, 0.3) is 0 Å². The minimum atomic E-state index is -1.37. The zero-order valence-electron chi connectivity index (χ0n) is 11.7. The minimum absolute atomic E-state index is 0.133. The maximum atomic E-state index is 12.1. The molecule has 0 saturated heterocycles. The number of hydrogen-bond acceptors (Lipinski definition) is 3. The molecule has 2 bridgehead atoms. The van der Waals surface area contributed by atoms with Crippen LogP contribution in [0.4, 0.5) is 0 Å². The Morgan fingerprint density at radius 3 is 2.05 bits per heavy atom. The minimum Gasteiger partial charge on any atom is -0.369 e. The predicted octanol–water partition coefficient (Wildman–Crippen LogP) is 2.16. The molecule has 0 saturated carbocycles. The number of amides is 1. The first-order valence-corrected chi connectivity index (χ1v) is 7.20. The van der Waals surface area contributed by atoms with E-state index in [1.165, 1.54) is 0 Å². The van der Waals surface area contributed by atoms with E-state index < -0.39 is 17.4 Å². The van der Waals surface area contributed by atoms with E-state index in [1.54, 1.807) is 12.1 Å². The van der Waals surface area contributed by atoms with Crippen LogP contribution in [-0.4, -0.2) is 10.8 Å². The molecule has 0 aliphatic heterocycles. The number of nitrogens with zero attached hydrogens (tertiary/aromatic N) is 1. The molecule has 0 spiro atoms. The van der Waals surface area contributed by atoms with Crippen molar-refractivity contribution in [2.45, 2.75) is 17.9 Å². The number of hydrogen-bond donors (Lipinski definition) is 1. The van der Waals surface area contributed by atoms with Crippen molar-refractivity contribution in [2.24, 2.45) is 11.7 Å². The van der Waals surface area contributed by atoms with Gasteiger partial charge in [0.25, 0.3) is 5.54 Å². The van der Waals surface area contributed by atoms with Crippen LogP contribution in [0.5, 0.6) is 0 Å². The summed E-state index contributed by atoms with van der Waals surface area (Å²) >= 11 is 0. The number of carbonyl (C=O) groups is 1. The summed E-state index contributed by atoms with van der Waals surface area (Å²) in [6, 6.07) is 14.7. The van der Waals surface area contributed by atoms with Crippen molar-refractivity contribution in [1.82, 2.24) is 0 Å². The molecule has 1 amide bonds. The number of nitro groups is 1. The van der Waals surface area contributed by atoms with Crippen molar-refractivity contribution in [3.63, 3.8) is 0 Å². The second-order valence-electron chi connectivity index (χ2n) is 5.98. The molecule has 3 aliphatic rings. The Bertz CT molecular complexity index is 768. The van der Waals surface area contributed by atoms with E-state index >= 15 is 0 Å². The zero-order chi connectivity index (χ0) is 15.5. The van der Waals surface area contributed by atoms with Crippen LogP contribution >= 0.6 is 0 Å². The van der Waals surface area contributed by atoms with Crippen LogP contribution in [0.3, 0.4) is 0 Å². The lowest BCUT2D eigenvalue weighted by Gasteiger charge is -2.46. The molecule has 110 valence electrons. The third-order valence-corrected chi connectivity index (χ3v) is 5.08. The normalized spacial score (nSPS) is 27.8. The van der Waals surface area contributed by atoms with Crippen molar-refractivity contribution in [3.05, 3.63) is 80.9 Å². The fourth-order valence-corrected chi connectivity index (χ4v) is 4.23. The Balaban J connectivity index is 2.13. The van der Waals surface area contributed by atoms with E-state index in [0.717, 1.165) is 11.1 Å². The molecule has 0 radical (unpaired) electrons. The lowest BCUT2D eigenvalue weighted by Crippen LogP contribution is -2.52. The second kappa shape index (κ2) is 4.16. The molecule has 2 aromatic carbocycles. The maximum absolute atomic E-state index is 12.1. The van der Waals surface area contributed by atoms with Crippen LogP contribution in [0.1, 0.15) is 34.6 Å². The van der Waals surface area contributed by atoms with Crippen LogP contribution < -0.4 is 5.73 Å². The number of primary amides is 1. The Hall–Kier alpha value is -2.69. The smallest absolute Gasteiger partial charge is 0.273 e. The third kappa shape index (κ3) is 1.35. The van der Waals surface area contributed by atoms with E-state index in [4.69, 9.17) is 5.73 Å². The standard InChI is InChI=1S/C17H14N2O3/c18-16(20)12-9-17(19(21)22)13-7-3-1-5-10(13)15(12)11-6-2-4-8-14(11)17/h1-8,12,15H,9H2,(H2,18,20).